The van der Waals surface area contributed by atoms with Crippen molar-refractivity contribution >= 4 is 0 Å². The molecule has 1 saturated heterocycles. The number of aliphatic hydroxyl groups is 1. The maximum atomic E-state index is 10.5. The standard InChI is InChI=1S/C26H38N2O3/c1-27(18-22-11-7-6-8-12-22)19-23-13-14-25(26(17-23)30-2)31-21-24(29)20-28-15-9-4-3-5-10-16-28/h6-8,11-14,17,24,29H,3-5,9-10,15-16,18-21H2,1-2H3/t24-/m1/s1. The summed E-state index contributed by atoms with van der Waals surface area (Å²) < 4.78 is 11.5. The highest BCUT2D eigenvalue weighted by molar-refractivity contribution is 5.43. The number of ether oxygens (including phenoxy) is 2. The lowest BCUT2D eigenvalue weighted by Crippen LogP contribution is -2.37. The summed E-state index contributed by atoms with van der Waals surface area (Å²) in [4.78, 5) is 4.65. The first kappa shape index (κ1) is 23.6. The van der Waals surface area contributed by atoms with Crippen molar-refractivity contribution in [2.45, 2.75) is 51.3 Å². The Morgan fingerprint density at radius 1 is 0.903 bits per heavy atom. The van der Waals surface area contributed by atoms with E-state index in [9.17, 15) is 5.11 Å². The Morgan fingerprint density at radius 3 is 2.29 bits per heavy atom. The van der Waals surface area contributed by atoms with E-state index in [0.29, 0.717) is 18.0 Å². The first-order valence-electron chi connectivity index (χ1n) is 11.6. The molecule has 1 aliphatic heterocycles. The monoisotopic (exact) mass is 426 g/mol. The highest BCUT2D eigenvalue weighted by Crippen LogP contribution is 2.29. The molecule has 2 aromatic rings. The smallest absolute Gasteiger partial charge is 0.161 e. The molecule has 170 valence electrons. The van der Waals surface area contributed by atoms with Crippen LogP contribution in [0.25, 0.3) is 0 Å². The lowest BCUT2D eigenvalue weighted by atomic mass is 10.1. The van der Waals surface area contributed by atoms with Crippen LogP contribution in [0.1, 0.15) is 43.2 Å². The lowest BCUT2D eigenvalue weighted by molar-refractivity contribution is 0.0645. The molecule has 3 rings (SSSR count). The van der Waals surface area contributed by atoms with Crippen LogP contribution < -0.4 is 9.47 Å². The Balaban J connectivity index is 1.49. The van der Waals surface area contributed by atoms with Crippen LogP contribution in [0, 0.1) is 0 Å². The topological polar surface area (TPSA) is 45.2 Å². The second-order valence-electron chi connectivity index (χ2n) is 8.68. The highest BCUT2D eigenvalue weighted by Gasteiger charge is 2.15. The van der Waals surface area contributed by atoms with Gasteiger partial charge in [0.25, 0.3) is 0 Å². The van der Waals surface area contributed by atoms with E-state index in [0.717, 1.165) is 26.2 Å². The van der Waals surface area contributed by atoms with Gasteiger partial charge in [0, 0.05) is 19.6 Å². The van der Waals surface area contributed by atoms with Crippen molar-refractivity contribution in [2.75, 3.05) is 40.4 Å². The van der Waals surface area contributed by atoms with Gasteiger partial charge in [-0.3, -0.25) is 4.90 Å². The summed E-state index contributed by atoms with van der Waals surface area (Å²) in [5, 5.41) is 10.5. The molecule has 0 saturated carbocycles. The molecule has 0 unspecified atom stereocenters. The molecule has 5 heteroatoms. The molecular formula is C26H38N2O3. The predicted octanol–water partition coefficient (Wildman–Crippen LogP) is 4.33. The van der Waals surface area contributed by atoms with E-state index in [2.05, 4.69) is 47.2 Å². The Labute approximate surface area is 187 Å². The summed E-state index contributed by atoms with van der Waals surface area (Å²) in [6.07, 6.45) is 5.89. The summed E-state index contributed by atoms with van der Waals surface area (Å²) in [7, 11) is 3.78. The van der Waals surface area contributed by atoms with Crippen molar-refractivity contribution in [2.24, 2.45) is 0 Å². The van der Waals surface area contributed by atoms with Crippen LogP contribution in [-0.2, 0) is 13.1 Å². The number of methoxy groups -OCH3 is 1. The molecule has 1 heterocycles. The minimum atomic E-state index is -0.499. The number of β-amino-alcohol motifs (C(OH)–C–C–N with tert-alkyl or cyclic N) is 1. The maximum absolute atomic E-state index is 10.5. The first-order chi connectivity index (χ1) is 15.1. The fourth-order valence-corrected chi connectivity index (χ4v) is 4.22. The minimum Gasteiger partial charge on any atom is -0.493 e. The second-order valence-corrected chi connectivity index (χ2v) is 8.68. The van der Waals surface area contributed by atoms with Gasteiger partial charge in [0.05, 0.1) is 7.11 Å². The third-order valence-electron chi connectivity index (χ3n) is 5.82. The maximum Gasteiger partial charge on any atom is 0.161 e. The van der Waals surface area contributed by atoms with Crippen LogP contribution in [0.3, 0.4) is 0 Å². The van der Waals surface area contributed by atoms with Gasteiger partial charge in [0.15, 0.2) is 11.5 Å². The molecule has 0 radical (unpaired) electrons. The first-order valence-corrected chi connectivity index (χ1v) is 11.6. The number of nitrogens with zero attached hydrogens (tertiary/aromatic N) is 2. The number of aliphatic hydroxyl groups excluding tert-OH is 1. The number of benzene rings is 2. The normalized spacial score (nSPS) is 16.5. The van der Waals surface area contributed by atoms with Crippen molar-refractivity contribution in [3.63, 3.8) is 0 Å². The van der Waals surface area contributed by atoms with E-state index >= 15 is 0 Å². The molecule has 2 aromatic carbocycles. The van der Waals surface area contributed by atoms with E-state index in [1.165, 1.54) is 43.2 Å². The van der Waals surface area contributed by atoms with E-state index in [4.69, 9.17) is 9.47 Å². The van der Waals surface area contributed by atoms with Crippen LogP contribution in [0.2, 0.25) is 0 Å². The van der Waals surface area contributed by atoms with Crippen LogP contribution in [-0.4, -0.2) is 61.4 Å². The SMILES string of the molecule is COc1cc(CN(C)Cc2ccccc2)ccc1OC[C@H](O)CN1CCCCCCC1. The largest absolute Gasteiger partial charge is 0.493 e. The van der Waals surface area contributed by atoms with Crippen molar-refractivity contribution in [3.05, 3.63) is 59.7 Å². The van der Waals surface area contributed by atoms with Gasteiger partial charge in [0.2, 0.25) is 0 Å². The molecule has 0 amide bonds. The predicted molar refractivity (Wildman–Crippen MR) is 126 cm³/mol. The van der Waals surface area contributed by atoms with Crippen molar-refractivity contribution in [1.82, 2.24) is 9.80 Å². The summed E-state index contributed by atoms with van der Waals surface area (Å²) in [5.41, 5.74) is 2.47. The average molecular weight is 427 g/mol. The summed E-state index contributed by atoms with van der Waals surface area (Å²) >= 11 is 0. The second kappa shape index (κ2) is 12.7. The zero-order valence-corrected chi connectivity index (χ0v) is 19.1. The zero-order valence-electron chi connectivity index (χ0n) is 19.1. The number of hydrogen-bond acceptors (Lipinski definition) is 5. The third-order valence-corrected chi connectivity index (χ3v) is 5.82. The molecule has 1 N–H and O–H groups in total. The highest BCUT2D eigenvalue weighted by atomic mass is 16.5. The Hall–Kier alpha value is -2.08. The van der Waals surface area contributed by atoms with Gasteiger partial charge in [-0.2, -0.15) is 0 Å². The quantitative estimate of drug-likeness (QED) is 0.613. The molecule has 0 spiro atoms. The lowest BCUT2D eigenvalue weighted by Gasteiger charge is -2.26. The van der Waals surface area contributed by atoms with E-state index in [1.807, 2.05) is 18.2 Å². The van der Waals surface area contributed by atoms with Crippen LogP contribution in [0.15, 0.2) is 48.5 Å². The molecule has 0 aromatic heterocycles. The molecule has 31 heavy (non-hydrogen) atoms. The van der Waals surface area contributed by atoms with Crippen molar-refractivity contribution in [1.29, 1.82) is 0 Å². The number of rotatable bonds is 10. The van der Waals surface area contributed by atoms with Gasteiger partial charge in [-0.05, 0) is 56.2 Å². The fraction of sp³-hybridized carbons (Fsp3) is 0.538. The molecule has 0 bridgehead atoms. The summed E-state index contributed by atoms with van der Waals surface area (Å²) in [6, 6.07) is 16.5. The van der Waals surface area contributed by atoms with E-state index in [1.54, 1.807) is 7.11 Å². The van der Waals surface area contributed by atoms with Crippen LogP contribution in [0.5, 0.6) is 11.5 Å². The summed E-state index contributed by atoms with van der Waals surface area (Å²) in [5.74, 6) is 1.40. The average Bonchev–Trinajstić information content (AvgIpc) is 2.75. The Kier molecular flexibility index (Phi) is 9.66. The van der Waals surface area contributed by atoms with Gasteiger partial charge in [0.1, 0.15) is 12.7 Å². The van der Waals surface area contributed by atoms with E-state index in [-0.39, 0.29) is 6.61 Å². The Morgan fingerprint density at radius 2 is 1.58 bits per heavy atom. The van der Waals surface area contributed by atoms with Gasteiger partial charge in [-0.25, -0.2) is 0 Å². The molecule has 5 nitrogen and oxygen atoms in total. The van der Waals surface area contributed by atoms with E-state index < -0.39 is 6.10 Å². The van der Waals surface area contributed by atoms with Crippen LogP contribution >= 0.6 is 0 Å². The molecular weight excluding hydrogens is 388 g/mol. The fourth-order valence-electron chi connectivity index (χ4n) is 4.22. The van der Waals surface area contributed by atoms with Crippen LogP contribution in [0.4, 0.5) is 0 Å². The molecule has 0 aliphatic carbocycles. The Bertz CT molecular complexity index is 761. The van der Waals surface area contributed by atoms with Gasteiger partial charge in [-0.15, -0.1) is 0 Å². The number of likely N-dealkylation sites (tertiary alicyclic amines) is 1. The molecule has 1 fully saturated rings. The minimum absolute atomic E-state index is 0.278. The molecule has 1 aliphatic rings. The third kappa shape index (κ3) is 8.17. The number of hydrogen-bond donors (Lipinski definition) is 1. The molecule has 1 atom stereocenters. The van der Waals surface area contributed by atoms with Crippen molar-refractivity contribution in [3.8, 4) is 11.5 Å². The van der Waals surface area contributed by atoms with Gasteiger partial charge >= 0.3 is 0 Å². The van der Waals surface area contributed by atoms with Gasteiger partial charge in [-0.1, -0.05) is 55.7 Å². The van der Waals surface area contributed by atoms with Gasteiger partial charge < -0.3 is 19.5 Å². The zero-order chi connectivity index (χ0) is 21.9. The summed E-state index contributed by atoms with van der Waals surface area (Å²) in [6.45, 7) is 4.81. The van der Waals surface area contributed by atoms with Crippen molar-refractivity contribution < 1.29 is 14.6 Å².